The van der Waals surface area contributed by atoms with Gasteiger partial charge in [0.05, 0.1) is 10.2 Å². The summed E-state index contributed by atoms with van der Waals surface area (Å²) in [5.41, 5.74) is 2.86. The van der Waals surface area contributed by atoms with Crippen LogP contribution >= 0.6 is 22.9 Å². The summed E-state index contributed by atoms with van der Waals surface area (Å²) in [7, 11) is 0. The Hall–Kier alpha value is -1.78. The van der Waals surface area contributed by atoms with Crippen LogP contribution in [0.3, 0.4) is 0 Å². The highest BCUT2D eigenvalue weighted by atomic mass is 35.5. The van der Waals surface area contributed by atoms with Gasteiger partial charge in [-0.3, -0.25) is 4.79 Å². The Labute approximate surface area is 137 Å². The molecule has 1 fully saturated rings. The van der Waals surface area contributed by atoms with Crippen molar-refractivity contribution in [2.24, 2.45) is 0 Å². The highest BCUT2D eigenvalue weighted by Crippen LogP contribution is 2.33. The first kappa shape index (κ1) is 13.9. The summed E-state index contributed by atoms with van der Waals surface area (Å²) in [5.74, 6) is 0.409. The average Bonchev–Trinajstić information content (AvgIpc) is 3.22. The molecule has 0 saturated carbocycles. The third kappa shape index (κ3) is 2.32. The van der Waals surface area contributed by atoms with Crippen LogP contribution in [-0.4, -0.2) is 28.9 Å². The molecule has 1 N–H and O–H groups in total. The van der Waals surface area contributed by atoms with Gasteiger partial charge in [0.15, 0.2) is 0 Å². The Morgan fingerprint density at radius 1 is 1.32 bits per heavy atom. The van der Waals surface area contributed by atoms with Crippen LogP contribution in [0.1, 0.15) is 28.4 Å². The molecule has 0 aliphatic carbocycles. The lowest BCUT2D eigenvalue weighted by Gasteiger charge is -2.16. The number of nitrogens with zero attached hydrogens (tertiary/aromatic N) is 1. The highest BCUT2D eigenvalue weighted by Gasteiger charge is 2.29. The number of rotatable bonds is 2. The van der Waals surface area contributed by atoms with Gasteiger partial charge >= 0.3 is 0 Å². The molecule has 112 valence electrons. The van der Waals surface area contributed by atoms with E-state index in [0.717, 1.165) is 40.3 Å². The van der Waals surface area contributed by atoms with E-state index in [1.54, 1.807) is 11.3 Å². The normalized spacial score (nSPS) is 18.2. The lowest BCUT2D eigenvalue weighted by Crippen LogP contribution is -2.28. The molecule has 1 aliphatic heterocycles. The third-order valence-electron chi connectivity index (χ3n) is 4.29. The Kier molecular flexibility index (Phi) is 3.43. The van der Waals surface area contributed by atoms with Crippen molar-refractivity contribution < 1.29 is 4.79 Å². The fourth-order valence-electron chi connectivity index (χ4n) is 3.14. The topological polar surface area (TPSA) is 36.1 Å². The predicted octanol–water partition coefficient (Wildman–Crippen LogP) is 4.51. The summed E-state index contributed by atoms with van der Waals surface area (Å²) < 4.78 is 1.13. The average molecular weight is 331 g/mol. The number of aromatic amines is 1. The number of carbonyl (C=O) groups is 1. The van der Waals surface area contributed by atoms with Crippen LogP contribution in [0.25, 0.3) is 10.2 Å². The van der Waals surface area contributed by atoms with Crippen molar-refractivity contribution in [3.8, 4) is 0 Å². The smallest absolute Gasteiger partial charge is 0.270 e. The molecule has 0 radical (unpaired) electrons. The van der Waals surface area contributed by atoms with Crippen molar-refractivity contribution in [1.29, 1.82) is 0 Å². The van der Waals surface area contributed by atoms with Crippen LogP contribution in [0.15, 0.2) is 41.8 Å². The van der Waals surface area contributed by atoms with E-state index in [4.69, 9.17) is 11.6 Å². The molecule has 0 spiro atoms. The Morgan fingerprint density at radius 3 is 3.00 bits per heavy atom. The number of hydrogen-bond acceptors (Lipinski definition) is 2. The van der Waals surface area contributed by atoms with E-state index in [1.807, 2.05) is 40.6 Å². The summed E-state index contributed by atoms with van der Waals surface area (Å²) in [6, 6.07) is 11.9. The highest BCUT2D eigenvalue weighted by molar-refractivity contribution is 7.17. The van der Waals surface area contributed by atoms with E-state index < -0.39 is 0 Å². The van der Waals surface area contributed by atoms with Crippen molar-refractivity contribution in [1.82, 2.24) is 9.88 Å². The molecule has 1 aromatic carbocycles. The van der Waals surface area contributed by atoms with Crippen molar-refractivity contribution in [2.45, 2.75) is 12.3 Å². The van der Waals surface area contributed by atoms with Gasteiger partial charge in [-0.25, -0.2) is 0 Å². The van der Waals surface area contributed by atoms with Crippen molar-refractivity contribution in [2.75, 3.05) is 13.1 Å². The number of aromatic nitrogens is 1. The lowest BCUT2D eigenvalue weighted by molar-refractivity contribution is 0.0786. The number of likely N-dealkylation sites (tertiary alicyclic amines) is 1. The van der Waals surface area contributed by atoms with Crippen LogP contribution in [0.4, 0.5) is 0 Å². The number of hydrogen-bond donors (Lipinski definition) is 1. The zero-order valence-corrected chi connectivity index (χ0v) is 13.5. The molecule has 4 rings (SSSR count). The van der Waals surface area contributed by atoms with E-state index in [0.29, 0.717) is 11.6 Å². The number of nitrogens with one attached hydrogen (secondary N) is 1. The summed E-state index contributed by atoms with van der Waals surface area (Å²) in [5, 5.41) is 2.82. The van der Waals surface area contributed by atoms with E-state index in [1.165, 1.54) is 0 Å². The maximum atomic E-state index is 12.6. The van der Waals surface area contributed by atoms with Gasteiger partial charge < -0.3 is 9.88 Å². The lowest BCUT2D eigenvalue weighted by atomic mass is 9.98. The van der Waals surface area contributed by atoms with E-state index in [-0.39, 0.29) is 5.91 Å². The minimum absolute atomic E-state index is 0.0814. The Balaban J connectivity index is 1.54. The summed E-state index contributed by atoms with van der Waals surface area (Å²) in [4.78, 5) is 17.8. The number of fused-ring (bicyclic) bond motifs is 1. The molecular formula is C17H15ClN2OS. The SMILES string of the molecule is O=C(c1cc2sccc2[nH]1)N1CCC(c2ccccc2Cl)C1. The number of carbonyl (C=O) groups excluding carboxylic acids is 1. The molecule has 1 aliphatic rings. The van der Waals surface area contributed by atoms with Gasteiger partial charge in [0, 0.05) is 24.0 Å². The van der Waals surface area contributed by atoms with Crippen LogP contribution < -0.4 is 0 Å². The van der Waals surface area contributed by atoms with E-state index in [9.17, 15) is 4.79 Å². The first-order valence-corrected chi connectivity index (χ1v) is 8.58. The van der Waals surface area contributed by atoms with Crippen molar-refractivity contribution in [3.63, 3.8) is 0 Å². The molecule has 3 nitrogen and oxygen atoms in total. The summed E-state index contributed by atoms with van der Waals surface area (Å²) in [6.45, 7) is 1.51. The van der Waals surface area contributed by atoms with Crippen molar-refractivity contribution >= 4 is 39.1 Å². The molecule has 1 amide bonds. The number of amides is 1. The number of benzene rings is 1. The minimum atomic E-state index is 0.0814. The molecular weight excluding hydrogens is 316 g/mol. The molecule has 5 heteroatoms. The van der Waals surface area contributed by atoms with Crippen LogP contribution in [0.5, 0.6) is 0 Å². The first-order chi connectivity index (χ1) is 10.7. The standard InChI is InChI=1S/C17H15ClN2OS/c18-13-4-2-1-3-12(13)11-5-7-20(10-11)17(21)15-9-16-14(19-15)6-8-22-16/h1-4,6,8-9,11,19H,5,7,10H2. The van der Waals surface area contributed by atoms with Gasteiger partial charge in [0.1, 0.15) is 5.69 Å². The second-order valence-electron chi connectivity index (χ2n) is 5.64. The van der Waals surface area contributed by atoms with Gasteiger partial charge in [0.25, 0.3) is 5.91 Å². The second-order valence-corrected chi connectivity index (χ2v) is 6.99. The van der Waals surface area contributed by atoms with Crippen LogP contribution in [-0.2, 0) is 0 Å². The number of thiophene rings is 1. The molecule has 1 saturated heterocycles. The summed E-state index contributed by atoms with van der Waals surface area (Å²) >= 11 is 7.93. The predicted molar refractivity (Wildman–Crippen MR) is 90.9 cm³/mol. The Morgan fingerprint density at radius 2 is 2.18 bits per heavy atom. The van der Waals surface area contributed by atoms with Gasteiger partial charge in [-0.15, -0.1) is 11.3 Å². The monoisotopic (exact) mass is 330 g/mol. The number of H-pyrrole nitrogens is 1. The van der Waals surface area contributed by atoms with Gasteiger partial charge in [-0.05, 0) is 35.6 Å². The Bertz CT molecular complexity index is 809. The minimum Gasteiger partial charge on any atom is -0.350 e. The van der Waals surface area contributed by atoms with E-state index >= 15 is 0 Å². The molecule has 22 heavy (non-hydrogen) atoms. The zero-order valence-electron chi connectivity index (χ0n) is 11.9. The maximum absolute atomic E-state index is 12.6. The van der Waals surface area contributed by atoms with Gasteiger partial charge in [-0.2, -0.15) is 0 Å². The zero-order chi connectivity index (χ0) is 15.1. The molecule has 3 aromatic rings. The third-order valence-corrected chi connectivity index (χ3v) is 5.50. The molecule has 1 unspecified atom stereocenters. The van der Waals surface area contributed by atoms with E-state index in [2.05, 4.69) is 11.1 Å². The summed E-state index contributed by atoms with van der Waals surface area (Å²) in [6.07, 6.45) is 0.963. The molecule has 0 bridgehead atoms. The van der Waals surface area contributed by atoms with Gasteiger partial charge in [-0.1, -0.05) is 29.8 Å². The second kappa shape index (κ2) is 5.45. The maximum Gasteiger partial charge on any atom is 0.270 e. The fraction of sp³-hybridized carbons (Fsp3) is 0.235. The van der Waals surface area contributed by atoms with Crippen LogP contribution in [0.2, 0.25) is 5.02 Å². The first-order valence-electron chi connectivity index (χ1n) is 7.32. The largest absolute Gasteiger partial charge is 0.350 e. The van der Waals surface area contributed by atoms with Crippen molar-refractivity contribution in [3.05, 3.63) is 58.1 Å². The quantitative estimate of drug-likeness (QED) is 0.737. The molecule has 2 aromatic heterocycles. The van der Waals surface area contributed by atoms with Gasteiger partial charge in [0.2, 0.25) is 0 Å². The fourth-order valence-corrected chi connectivity index (χ4v) is 4.21. The molecule has 3 heterocycles. The number of halogens is 1. The van der Waals surface area contributed by atoms with Crippen LogP contribution in [0, 0.1) is 0 Å². The molecule has 1 atom stereocenters.